The summed E-state index contributed by atoms with van der Waals surface area (Å²) in [4.78, 5) is 28.5. The smallest absolute Gasteiger partial charge is 0.354 e. The largest absolute Gasteiger partial charge is 0.477 e. The minimum atomic E-state index is -1.20. The predicted molar refractivity (Wildman–Crippen MR) is 63.6 cm³/mol. The molecule has 0 saturated heterocycles. The molecule has 0 bridgehead atoms. The summed E-state index contributed by atoms with van der Waals surface area (Å²) in [5.74, 6) is -1.70. The number of amides is 1. The first-order valence-electron chi connectivity index (χ1n) is 5.79. The SMILES string of the molecule is CCCOCCCNC(=O)c1nc[nH]c1C(=O)O. The Hall–Kier alpha value is -1.89. The molecule has 1 aromatic rings. The molecule has 0 fully saturated rings. The van der Waals surface area contributed by atoms with Gasteiger partial charge in [-0.25, -0.2) is 9.78 Å². The third kappa shape index (κ3) is 4.17. The zero-order chi connectivity index (χ0) is 13.4. The summed E-state index contributed by atoms with van der Waals surface area (Å²) in [5, 5.41) is 11.4. The fraction of sp³-hybridized carbons (Fsp3) is 0.545. The topological polar surface area (TPSA) is 104 Å². The average Bonchev–Trinajstić information content (AvgIpc) is 2.82. The van der Waals surface area contributed by atoms with Crippen LogP contribution in [0, 0.1) is 0 Å². The van der Waals surface area contributed by atoms with E-state index in [4.69, 9.17) is 9.84 Å². The standard InChI is InChI=1S/C11H17N3O4/c1-2-5-18-6-3-4-12-10(15)8-9(11(16)17)14-7-13-8/h7H,2-6H2,1H3,(H,12,15)(H,13,14)(H,16,17). The number of carboxylic acids is 1. The molecule has 0 saturated carbocycles. The molecule has 1 amide bonds. The molecule has 0 spiro atoms. The van der Waals surface area contributed by atoms with Crippen LogP contribution in [0.15, 0.2) is 6.33 Å². The van der Waals surface area contributed by atoms with Gasteiger partial charge in [-0.1, -0.05) is 6.92 Å². The van der Waals surface area contributed by atoms with Crippen LogP contribution in [0.1, 0.15) is 40.7 Å². The van der Waals surface area contributed by atoms with Gasteiger partial charge in [-0.2, -0.15) is 0 Å². The number of imidazole rings is 1. The van der Waals surface area contributed by atoms with E-state index in [0.29, 0.717) is 26.2 Å². The number of rotatable bonds is 8. The van der Waals surface area contributed by atoms with Crippen molar-refractivity contribution in [2.24, 2.45) is 0 Å². The van der Waals surface area contributed by atoms with Crippen molar-refractivity contribution in [3.63, 3.8) is 0 Å². The lowest BCUT2D eigenvalue weighted by molar-refractivity contribution is 0.0684. The Kier molecular flexibility index (Phi) is 5.86. The average molecular weight is 255 g/mol. The van der Waals surface area contributed by atoms with Crippen molar-refractivity contribution in [3.8, 4) is 0 Å². The van der Waals surface area contributed by atoms with Gasteiger partial charge in [0.25, 0.3) is 5.91 Å². The highest BCUT2D eigenvalue weighted by Crippen LogP contribution is 2.02. The lowest BCUT2D eigenvalue weighted by Crippen LogP contribution is -2.27. The number of carbonyl (C=O) groups is 2. The van der Waals surface area contributed by atoms with Crippen molar-refractivity contribution in [2.75, 3.05) is 19.8 Å². The molecule has 1 aromatic heterocycles. The number of aromatic carboxylic acids is 1. The van der Waals surface area contributed by atoms with Gasteiger partial charge in [0.1, 0.15) is 0 Å². The van der Waals surface area contributed by atoms with Gasteiger partial charge in [-0.3, -0.25) is 4.79 Å². The number of hydrogen-bond donors (Lipinski definition) is 3. The number of nitrogens with zero attached hydrogens (tertiary/aromatic N) is 1. The van der Waals surface area contributed by atoms with Crippen LogP contribution in [0.3, 0.4) is 0 Å². The van der Waals surface area contributed by atoms with Gasteiger partial charge < -0.3 is 20.1 Å². The molecule has 100 valence electrons. The molecule has 1 heterocycles. The lowest BCUT2D eigenvalue weighted by Gasteiger charge is -2.04. The molecule has 0 aliphatic rings. The van der Waals surface area contributed by atoms with E-state index < -0.39 is 11.9 Å². The van der Waals surface area contributed by atoms with Crippen LogP contribution in [0.5, 0.6) is 0 Å². The first kappa shape index (κ1) is 14.2. The summed E-state index contributed by atoms with van der Waals surface area (Å²) in [5.41, 5.74) is -0.299. The number of nitrogens with one attached hydrogen (secondary N) is 2. The van der Waals surface area contributed by atoms with Gasteiger partial charge in [0.15, 0.2) is 11.4 Å². The van der Waals surface area contributed by atoms with E-state index >= 15 is 0 Å². The van der Waals surface area contributed by atoms with Gasteiger partial charge in [-0.15, -0.1) is 0 Å². The zero-order valence-corrected chi connectivity index (χ0v) is 10.2. The number of carbonyl (C=O) groups excluding carboxylic acids is 1. The van der Waals surface area contributed by atoms with E-state index in [9.17, 15) is 9.59 Å². The Morgan fingerprint density at radius 1 is 1.50 bits per heavy atom. The third-order valence-corrected chi connectivity index (χ3v) is 2.17. The van der Waals surface area contributed by atoms with Gasteiger partial charge in [0.05, 0.1) is 6.33 Å². The van der Waals surface area contributed by atoms with Crippen molar-refractivity contribution in [3.05, 3.63) is 17.7 Å². The second-order valence-corrected chi connectivity index (χ2v) is 3.65. The maximum atomic E-state index is 11.6. The van der Waals surface area contributed by atoms with Crippen molar-refractivity contribution in [1.82, 2.24) is 15.3 Å². The summed E-state index contributed by atoms with van der Waals surface area (Å²) in [6, 6.07) is 0. The van der Waals surface area contributed by atoms with E-state index in [1.807, 2.05) is 6.92 Å². The Labute approximate surface area is 105 Å². The molecule has 3 N–H and O–H groups in total. The minimum Gasteiger partial charge on any atom is -0.477 e. The predicted octanol–water partition coefficient (Wildman–Crippen LogP) is 0.654. The molecule has 0 aliphatic carbocycles. The monoisotopic (exact) mass is 255 g/mol. The third-order valence-electron chi connectivity index (χ3n) is 2.17. The molecule has 7 heteroatoms. The summed E-state index contributed by atoms with van der Waals surface area (Å²) < 4.78 is 5.25. The minimum absolute atomic E-state index is 0.100. The highest BCUT2D eigenvalue weighted by Gasteiger charge is 2.18. The van der Waals surface area contributed by atoms with Crippen LogP contribution in [-0.2, 0) is 4.74 Å². The van der Waals surface area contributed by atoms with Crippen molar-refractivity contribution >= 4 is 11.9 Å². The van der Waals surface area contributed by atoms with Crippen LogP contribution in [0.4, 0.5) is 0 Å². The Morgan fingerprint density at radius 3 is 2.94 bits per heavy atom. The summed E-state index contributed by atoms with van der Waals surface area (Å²) in [7, 11) is 0. The number of aromatic amines is 1. The van der Waals surface area contributed by atoms with Crippen LogP contribution in [-0.4, -0.2) is 46.7 Å². The van der Waals surface area contributed by atoms with Crippen LogP contribution in [0.2, 0.25) is 0 Å². The molecule has 1 rings (SSSR count). The van der Waals surface area contributed by atoms with Gasteiger partial charge in [0, 0.05) is 19.8 Å². The van der Waals surface area contributed by atoms with E-state index in [1.165, 1.54) is 6.33 Å². The van der Waals surface area contributed by atoms with Gasteiger partial charge in [0.2, 0.25) is 0 Å². The number of aromatic nitrogens is 2. The molecular formula is C11H17N3O4. The molecule has 7 nitrogen and oxygen atoms in total. The molecule has 0 unspecified atom stereocenters. The van der Waals surface area contributed by atoms with E-state index in [2.05, 4.69) is 15.3 Å². The molecule has 18 heavy (non-hydrogen) atoms. The van der Waals surface area contributed by atoms with Crippen LogP contribution < -0.4 is 5.32 Å². The summed E-state index contributed by atoms with van der Waals surface area (Å²) in [6.45, 7) is 3.72. The highest BCUT2D eigenvalue weighted by molar-refractivity contribution is 6.02. The summed E-state index contributed by atoms with van der Waals surface area (Å²) in [6.07, 6.45) is 2.82. The summed E-state index contributed by atoms with van der Waals surface area (Å²) >= 11 is 0. The fourth-order valence-corrected chi connectivity index (χ4v) is 1.34. The van der Waals surface area contributed by atoms with Crippen LogP contribution in [0.25, 0.3) is 0 Å². The second kappa shape index (κ2) is 7.44. The molecule has 0 radical (unpaired) electrons. The van der Waals surface area contributed by atoms with E-state index in [0.717, 1.165) is 6.42 Å². The van der Waals surface area contributed by atoms with Gasteiger partial charge >= 0.3 is 5.97 Å². The maximum Gasteiger partial charge on any atom is 0.354 e. The Morgan fingerprint density at radius 2 is 2.28 bits per heavy atom. The highest BCUT2D eigenvalue weighted by atomic mass is 16.5. The van der Waals surface area contributed by atoms with E-state index in [-0.39, 0.29) is 11.4 Å². The normalized spacial score (nSPS) is 10.3. The number of ether oxygens (including phenoxy) is 1. The number of H-pyrrole nitrogens is 1. The molecule has 0 atom stereocenters. The lowest BCUT2D eigenvalue weighted by atomic mass is 10.3. The Bertz CT molecular complexity index is 403. The first-order chi connectivity index (χ1) is 8.66. The second-order valence-electron chi connectivity index (χ2n) is 3.65. The number of carboxylic acid groups (broad SMARTS) is 1. The molecule has 0 aliphatic heterocycles. The van der Waals surface area contributed by atoms with Crippen LogP contribution >= 0.6 is 0 Å². The van der Waals surface area contributed by atoms with Crippen molar-refractivity contribution < 1.29 is 19.4 Å². The van der Waals surface area contributed by atoms with Crippen molar-refractivity contribution in [2.45, 2.75) is 19.8 Å². The van der Waals surface area contributed by atoms with Gasteiger partial charge in [-0.05, 0) is 12.8 Å². The molecule has 0 aromatic carbocycles. The number of hydrogen-bond acceptors (Lipinski definition) is 4. The van der Waals surface area contributed by atoms with Crippen molar-refractivity contribution in [1.29, 1.82) is 0 Å². The first-order valence-corrected chi connectivity index (χ1v) is 5.79. The maximum absolute atomic E-state index is 11.6. The Balaban J connectivity index is 2.32. The van der Waals surface area contributed by atoms with E-state index in [1.54, 1.807) is 0 Å². The molecular weight excluding hydrogens is 238 g/mol. The quantitative estimate of drug-likeness (QED) is 0.592. The fourth-order valence-electron chi connectivity index (χ4n) is 1.34. The zero-order valence-electron chi connectivity index (χ0n) is 10.2.